The third kappa shape index (κ3) is 1.62. The molecule has 0 aromatic carbocycles. The van der Waals surface area contributed by atoms with Gasteiger partial charge >= 0.3 is 0 Å². The van der Waals surface area contributed by atoms with Crippen molar-refractivity contribution in [3.63, 3.8) is 0 Å². The fraction of sp³-hybridized carbons (Fsp3) is 1.00. The minimum absolute atomic E-state index is 0.132. The van der Waals surface area contributed by atoms with E-state index in [1.807, 2.05) is 0 Å². The van der Waals surface area contributed by atoms with Crippen LogP contribution in [-0.4, -0.2) is 10.7 Å². The Morgan fingerprint density at radius 2 is 1.40 bits per heavy atom. The minimum Gasteiger partial charge on any atom is -0.0590 e. The molecule has 0 radical (unpaired) electrons. The Morgan fingerprint density at radius 3 is 1.40 bits per heavy atom. The van der Waals surface area contributed by atoms with Crippen molar-refractivity contribution in [3.8, 4) is 0 Å². The molecule has 0 unspecified atom stereocenters. The maximum absolute atomic E-state index is 12.0. The van der Waals surface area contributed by atoms with Crippen LogP contribution in [0.15, 0.2) is 0 Å². The number of quaternary nitrogens is 1. The average molecular weight is 156 g/mol. The van der Waals surface area contributed by atoms with Crippen molar-refractivity contribution < 1.29 is 18.6 Å². The molecule has 0 heterocycles. The first kappa shape index (κ1) is 9.75. The molecular formula is C6H13F3N+. The van der Waals surface area contributed by atoms with E-state index in [9.17, 15) is 13.4 Å². The highest BCUT2D eigenvalue weighted by Gasteiger charge is 2.52. The van der Waals surface area contributed by atoms with E-state index in [2.05, 4.69) is 0 Å². The molecule has 10 heavy (non-hydrogen) atoms. The van der Waals surface area contributed by atoms with Crippen LogP contribution < -0.4 is 0 Å². The second-order valence-corrected chi connectivity index (χ2v) is 2.65. The van der Waals surface area contributed by atoms with E-state index in [4.69, 9.17) is 0 Å². The highest BCUT2D eigenvalue weighted by atomic mass is 19.6. The molecular weight excluding hydrogens is 143 g/mol. The van der Waals surface area contributed by atoms with Gasteiger partial charge in [-0.05, 0) is 0 Å². The van der Waals surface area contributed by atoms with Gasteiger partial charge in [-0.15, -0.1) is 0 Å². The van der Waals surface area contributed by atoms with Gasteiger partial charge in [-0.1, -0.05) is 13.8 Å². The van der Waals surface area contributed by atoms with E-state index in [1.165, 1.54) is 6.92 Å². The van der Waals surface area contributed by atoms with Crippen LogP contribution in [0, 0.1) is 0 Å². The molecule has 0 N–H and O–H groups in total. The van der Waals surface area contributed by atoms with Gasteiger partial charge in [-0.3, -0.25) is 0 Å². The van der Waals surface area contributed by atoms with Crippen LogP contribution in [0.4, 0.5) is 13.4 Å². The van der Waals surface area contributed by atoms with Gasteiger partial charge in [0.2, 0.25) is 10.7 Å². The molecule has 0 aliphatic carbocycles. The van der Waals surface area contributed by atoms with Crippen molar-refractivity contribution >= 4 is 0 Å². The summed E-state index contributed by atoms with van der Waals surface area (Å²) in [5, 5.41) is -3.43. The van der Waals surface area contributed by atoms with Crippen LogP contribution in [0.1, 0.15) is 33.6 Å². The molecule has 4 heteroatoms. The first-order chi connectivity index (χ1) is 4.37. The van der Waals surface area contributed by atoms with Gasteiger partial charge in [0.25, 0.3) is 0 Å². The predicted octanol–water partition coefficient (Wildman–Crippen LogP) is 3.04. The SMILES string of the molecule is CCC(C)(CC)[N+](F)(F)F. The summed E-state index contributed by atoms with van der Waals surface area (Å²) in [7, 11) is 0. The molecule has 0 aromatic heterocycles. The van der Waals surface area contributed by atoms with Crippen LogP contribution in [0.3, 0.4) is 0 Å². The molecule has 0 rings (SSSR count). The van der Waals surface area contributed by atoms with Gasteiger partial charge in [-0.25, -0.2) is 0 Å². The normalized spacial score (nSPS) is 13.8. The topological polar surface area (TPSA) is 0 Å². The van der Waals surface area contributed by atoms with Crippen LogP contribution in [0.2, 0.25) is 0 Å². The Balaban J connectivity index is 4.33. The molecule has 0 amide bonds. The molecule has 0 saturated heterocycles. The Kier molecular flexibility index (Phi) is 2.71. The van der Waals surface area contributed by atoms with Crippen molar-refractivity contribution in [2.75, 3.05) is 0 Å². The number of nitrogens with zero attached hydrogens (tertiary/aromatic N) is 1. The lowest BCUT2D eigenvalue weighted by atomic mass is 9.97. The van der Waals surface area contributed by atoms with E-state index in [1.54, 1.807) is 13.8 Å². The highest BCUT2D eigenvalue weighted by molar-refractivity contribution is 4.66. The Bertz CT molecular complexity index is 104. The van der Waals surface area contributed by atoms with E-state index >= 15 is 0 Å². The lowest BCUT2D eigenvalue weighted by molar-refractivity contribution is -1.30. The summed E-state index contributed by atoms with van der Waals surface area (Å²) >= 11 is 0. The van der Waals surface area contributed by atoms with Gasteiger partial charge < -0.3 is 0 Å². The maximum atomic E-state index is 12.0. The van der Waals surface area contributed by atoms with Crippen LogP contribution in [-0.2, 0) is 0 Å². The number of rotatable bonds is 3. The standard InChI is InChI=1S/C6H13F3N/c1-4-6(3,5-2)10(7,8)9/h4-5H2,1-3H3/q+1. The van der Waals surface area contributed by atoms with Crippen LogP contribution >= 0.6 is 0 Å². The van der Waals surface area contributed by atoms with Crippen LogP contribution in [0.25, 0.3) is 0 Å². The van der Waals surface area contributed by atoms with Gasteiger partial charge in [0, 0.05) is 19.8 Å². The monoisotopic (exact) mass is 156 g/mol. The van der Waals surface area contributed by atoms with E-state index in [-0.39, 0.29) is 12.8 Å². The third-order valence-corrected chi connectivity index (χ3v) is 2.14. The largest absolute Gasteiger partial charge is 0.249 e. The molecule has 0 bridgehead atoms. The summed E-state index contributed by atoms with van der Waals surface area (Å²) in [6, 6.07) is 0. The van der Waals surface area contributed by atoms with E-state index in [0.29, 0.717) is 0 Å². The Labute approximate surface area is 58.8 Å². The molecule has 0 atom stereocenters. The van der Waals surface area contributed by atoms with Gasteiger partial charge in [-0.2, -0.15) is 0 Å². The molecule has 1 nitrogen and oxygen atoms in total. The van der Waals surface area contributed by atoms with Crippen molar-refractivity contribution in [2.45, 2.75) is 39.2 Å². The van der Waals surface area contributed by atoms with Crippen molar-refractivity contribution in [3.05, 3.63) is 0 Å². The number of hydrogen-bond donors (Lipinski definition) is 0. The highest BCUT2D eigenvalue weighted by Crippen LogP contribution is 2.33. The lowest BCUT2D eigenvalue weighted by Crippen LogP contribution is -2.44. The molecule has 0 fully saturated rings. The van der Waals surface area contributed by atoms with Gasteiger partial charge in [0.05, 0.1) is 13.4 Å². The van der Waals surface area contributed by atoms with Crippen LogP contribution in [0.5, 0.6) is 0 Å². The summed E-state index contributed by atoms with van der Waals surface area (Å²) in [6.45, 7) is 4.33. The fourth-order valence-corrected chi connectivity index (χ4v) is 0.609. The van der Waals surface area contributed by atoms with Gasteiger partial charge in [0.15, 0.2) is 0 Å². The van der Waals surface area contributed by atoms with Crippen molar-refractivity contribution in [1.82, 2.24) is 0 Å². The second kappa shape index (κ2) is 2.78. The zero-order chi connectivity index (χ0) is 8.41. The lowest BCUT2D eigenvalue weighted by Gasteiger charge is -2.22. The number of halogens is 3. The summed E-state index contributed by atoms with van der Waals surface area (Å²) in [4.78, 5) is 0. The molecule has 0 saturated carbocycles. The summed E-state index contributed by atoms with van der Waals surface area (Å²) in [5.74, 6) is 0. The van der Waals surface area contributed by atoms with Crippen molar-refractivity contribution in [1.29, 1.82) is 0 Å². The fourth-order valence-electron chi connectivity index (χ4n) is 0.609. The zero-order valence-electron chi connectivity index (χ0n) is 6.50. The Hall–Kier alpha value is -0.250. The molecule has 0 aromatic rings. The predicted molar refractivity (Wildman–Crippen MR) is 32.6 cm³/mol. The molecule has 0 aliphatic heterocycles. The number of hydrogen-bond acceptors (Lipinski definition) is 0. The summed E-state index contributed by atoms with van der Waals surface area (Å²) in [6.07, 6.45) is 0.264. The Morgan fingerprint density at radius 1 is 1.10 bits per heavy atom. The molecule has 0 spiro atoms. The molecule has 0 aliphatic rings. The summed E-state index contributed by atoms with van der Waals surface area (Å²) < 4.78 is 36.1. The second-order valence-electron chi connectivity index (χ2n) is 2.65. The van der Waals surface area contributed by atoms with E-state index < -0.39 is 10.7 Å². The first-order valence-electron chi connectivity index (χ1n) is 3.35. The van der Waals surface area contributed by atoms with Gasteiger partial charge in [0.1, 0.15) is 0 Å². The van der Waals surface area contributed by atoms with E-state index in [0.717, 1.165) is 0 Å². The summed E-state index contributed by atoms with van der Waals surface area (Å²) in [5.41, 5.74) is -1.54. The average Bonchev–Trinajstić information content (AvgIpc) is 1.84. The minimum atomic E-state index is -3.43. The maximum Gasteiger partial charge on any atom is 0.249 e. The zero-order valence-corrected chi connectivity index (χ0v) is 6.50. The van der Waals surface area contributed by atoms with Crippen molar-refractivity contribution in [2.24, 2.45) is 0 Å². The smallest absolute Gasteiger partial charge is 0.0590 e. The third-order valence-electron chi connectivity index (χ3n) is 2.14. The molecule has 62 valence electrons. The quantitative estimate of drug-likeness (QED) is 0.551. The first-order valence-corrected chi connectivity index (χ1v) is 3.35.